The number of nitrogens with zero attached hydrogens (tertiary/aromatic N) is 2. The normalized spacial score (nSPS) is 11.5. The molecule has 0 saturated heterocycles. The number of hydrogen-bond acceptors (Lipinski definition) is 3. The van der Waals surface area contributed by atoms with Gasteiger partial charge in [-0.3, -0.25) is 4.57 Å². The minimum absolute atomic E-state index is 0.309. The number of benzene rings is 1. The highest BCUT2D eigenvalue weighted by Crippen LogP contribution is 2.15. The Morgan fingerprint density at radius 2 is 2.19 bits per heavy atom. The third-order valence-corrected chi connectivity index (χ3v) is 2.85. The van der Waals surface area contributed by atoms with E-state index < -0.39 is 0 Å². The largest absolute Gasteiger partial charge is 0.419 e. The van der Waals surface area contributed by atoms with Crippen LogP contribution in [0.25, 0.3) is 11.1 Å². The molecule has 0 saturated carbocycles. The summed E-state index contributed by atoms with van der Waals surface area (Å²) in [4.78, 5) is 13.5. The van der Waals surface area contributed by atoms with Gasteiger partial charge in [0.25, 0.3) is 0 Å². The molecule has 86 valence electrons. The standard InChI is InChI=1S/C12H16N2O2/c1-4-13(2)8-9-5-6-11-10(7-9)14(3)12(15)16-11/h5-7H,4,8H2,1-3H3. The van der Waals surface area contributed by atoms with Crippen LogP contribution < -0.4 is 5.76 Å². The summed E-state index contributed by atoms with van der Waals surface area (Å²) >= 11 is 0. The fraction of sp³-hybridized carbons (Fsp3) is 0.417. The fourth-order valence-corrected chi connectivity index (χ4v) is 1.69. The molecule has 0 N–H and O–H groups in total. The molecule has 1 aromatic heterocycles. The summed E-state index contributed by atoms with van der Waals surface area (Å²) in [5.74, 6) is -0.309. The van der Waals surface area contributed by atoms with Crippen molar-refractivity contribution < 1.29 is 4.42 Å². The molecule has 0 aliphatic carbocycles. The molecule has 16 heavy (non-hydrogen) atoms. The number of aromatic nitrogens is 1. The molecule has 2 rings (SSSR count). The van der Waals surface area contributed by atoms with E-state index in [9.17, 15) is 4.79 Å². The maximum Gasteiger partial charge on any atom is 0.419 e. The Labute approximate surface area is 94.1 Å². The van der Waals surface area contributed by atoms with Gasteiger partial charge < -0.3 is 9.32 Å². The maximum atomic E-state index is 11.3. The van der Waals surface area contributed by atoms with E-state index in [1.165, 1.54) is 10.1 Å². The molecule has 0 aliphatic heterocycles. The lowest BCUT2D eigenvalue weighted by molar-refractivity contribution is 0.346. The van der Waals surface area contributed by atoms with Crippen molar-refractivity contribution in [3.63, 3.8) is 0 Å². The summed E-state index contributed by atoms with van der Waals surface area (Å²) in [6.07, 6.45) is 0. The predicted octanol–water partition coefficient (Wildman–Crippen LogP) is 1.58. The van der Waals surface area contributed by atoms with Crippen LogP contribution in [0, 0.1) is 0 Å². The SMILES string of the molecule is CCN(C)Cc1ccc2oc(=O)n(C)c2c1. The first-order chi connectivity index (χ1) is 7.61. The van der Waals surface area contributed by atoms with Crippen LogP contribution in [0.15, 0.2) is 27.4 Å². The van der Waals surface area contributed by atoms with Crippen LogP contribution in [0.4, 0.5) is 0 Å². The molecule has 0 amide bonds. The van der Waals surface area contributed by atoms with E-state index in [-0.39, 0.29) is 5.76 Å². The number of aryl methyl sites for hydroxylation is 1. The van der Waals surface area contributed by atoms with E-state index in [0.717, 1.165) is 18.6 Å². The van der Waals surface area contributed by atoms with Crippen molar-refractivity contribution in [3.05, 3.63) is 34.3 Å². The first-order valence-corrected chi connectivity index (χ1v) is 5.39. The van der Waals surface area contributed by atoms with Gasteiger partial charge in [0.2, 0.25) is 0 Å². The summed E-state index contributed by atoms with van der Waals surface area (Å²) in [5, 5.41) is 0. The van der Waals surface area contributed by atoms with E-state index in [1.807, 2.05) is 18.2 Å². The van der Waals surface area contributed by atoms with Gasteiger partial charge in [-0.25, -0.2) is 4.79 Å². The molecular weight excluding hydrogens is 204 g/mol. The molecular formula is C12H16N2O2. The van der Waals surface area contributed by atoms with Crippen LogP contribution >= 0.6 is 0 Å². The van der Waals surface area contributed by atoms with Crippen LogP contribution in [-0.2, 0) is 13.6 Å². The molecule has 1 heterocycles. The topological polar surface area (TPSA) is 38.4 Å². The molecule has 1 aromatic carbocycles. The van der Waals surface area contributed by atoms with Gasteiger partial charge in [0.15, 0.2) is 5.58 Å². The minimum atomic E-state index is -0.309. The monoisotopic (exact) mass is 220 g/mol. The zero-order valence-electron chi connectivity index (χ0n) is 9.86. The van der Waals surface area contributed by atoms with Crippen molar-refractivity contribution in [1.82, 2.24) is 9.47 Å². The van der Waals surface area contributed by atoms with Crippen molar-refractivity contribution in [2.24, 2.45) is 7.05 Å². The van der Waals surface area contributed by atoms with Gasteiger partial charge in [-0.05, 0) is 31.3 Å². The Balaban J connectivity index is 2.43. The molecule has 0 aliphatic rings. The third kappa shape index (κ3) is 1.88. The Morgan fingerprint density at radius 1 is 1.44 bits per heavy atom. The quantitative estimate of drug-likeness (QED) is 0.788. The average Bonchev–Trinajstić information content (AvgIpc) is 2.55. The predicted molar refractivity (Wildman–Crippen MR) is 63.5 cm³/mol. The molecule has 0 bridgehead atoms. The minimum Gasteiger partial charge on any atom is -0.408 e. The Morgan fingerprint density at radius 3 is 2.88 bits per heavy atom. The summed E-state index contributed by atoms with van der Waals surface area (Å²) in [6.45, 7) is 4.00. The van der Waals surface area contributed by atoms with Crippen molar-refractivity contribution >= 4 is 11.1 Å². The van der Waals surface area contributed by atoms with Crippen LogP contribution in [-0.4, -0.2) is 23.1 Å². The van der Waals surface area contributed by atoms with Crippen LogP contribution in [0.3, 0.4) is 0 Å². The lowest BCUT2D eigenvalue weighted by Crippen LogP contribution is -2.16. The van der Waals surface area contributed by atoms with Gasteiger partial charge in [0, 0.05) is 13.6 Å². The van der Waals surface area contributed by atoms with E-state index in [1.54, 1.807) is 7.05 Å². The van der Waals surface area contributed by atoms with E-state index in [4.69, 9.17) is 4.42 Å². The second kappa shape index (κ2) is 4.14. The van der Waals surface area contributed by atoms with Crippen molar-refractivity contribution in [1.29, 1.82) is 0 Å². The van der Waals surface area contributed by atoms with Crippen LogP contribution in [0.1, 0.15) is 12.5 Å². The van der Waals surface area contributed by atoms with Gasteiger partial charge in [0.1, 0.15) is 0 Å². The smallest absolute Gasteiger partial charge is 0.408 e. The lowest BCUT2D eigenvalue weighted by atomic mass is 10.2. The highest BCUT2D eigenvalue weighted by atomic mass is 16.4. The van der Waals surface area contributed by atoms with Gasteiger partial charge >= 0.3 is 5.76 Å². The van der Waals surface area contributed by atoms with E-state index in [0.29, 0.717) is 5.58 Å². The maximum absolute atomic E-state index is 11.3. The molecule has 0 fully saturated rings. The van der Waals surface area contributed by atoms with E-state index in [2.05, 4.69) is 18.9 Å². The van der Waals surface area contributed by atoms with Gasteiger partial charge in [-0.1, -0.05) is 13.0 Å². The van der Waals surface area contributed by atoms with Crippen molar-refractivity contribution in [3.8, 4) is 0 Å². The van der Waals surface area contributed by atoms with Gasteiger partial charge in [0.05, 0.1) is 5.52 Å². The Bertz CT molecular complexity index is 554. The Hall–Kier alpha value is -1.55. The zero-order chi connectivity index (χ0) is 11.7. The number of fused-ring (bicyclic) bond motifs is 1. The number of hydrogen-bond donors (Lipinski definition) is 0. The summed E-state index contributed by atoms with van der Waals surface area (Å²) in [5.41, 5.74) is 2.69. The first kappa shape index (κ1) is 11.0. The van der Waals surface area contributed by atoms with Crippen molar-refractivity contribution in [2.75, 3.05) is 13.6 Å². The molecule has 0 unspecified atom stereocenters. The molecule has 2 aromatic rings. The number of rotatable bonds is 3. The highest BCUT2D eigenvalue weighted by Gasteiger charge is 2.06. The van der Waals surface area contributed by atoms with Crippen LogP contribution in [0.5, 0.6) is 0 Å². The van der Waals surface area contributed by atoms with Crippen LogP contribution in [0.2, 0.25) is 0 Å². The zero-order valence-corrected chi connectivity index (χ0v) is 9.86. The molecule has 0 atom stereocenters. The molecule has 4 heteroatoms. The average molecular weight is 220 g/mol. The summed E-state index contributed by atoms with van der Waals surface area (Å²) in [6, 6.07) is 5.86. The number of oxazole rings is 1. The fourth-order valence-electron chi connectivity index (χ4n) is 1.69. The van der Waals surface area contributed by atoms with Gasteiger partial charge in [-0.15, -0.1) is 0 Å². The first-order valence-electron chi connectivity index (χ1n) is 5.39. The third-order valence-electron chi connectivity index (χ3n) is 2.85. The Kier molecular flexibility index (Phi) is 2.83. The highest BCUT2D eigenvalue weighted by molar-refractivity contribution is 5.73. The van der Waals surface area contributed by atoms with Gasteiger partial charge in [-0.2, -0.15) is 0 Å². The van der Waals surface area contributed by atoms with E-state index >= 15 is 0 Å². The molecule has 0 radical (unpaired) electrons. The second-order valence-corrected chi connectivity index (χ2v) is 4.06. The second-order valence-electron chi connectivity index (χ2n) is 4.06. The molecule has 4 nitrogen and oxygen atoms in total. The summed E-state index contributed by atoms with van der Waals surface area (Å²) in [7, 11) is 3.79. The lowest BCUT2D eigenvalue weighted by Gasteiger charge is -2.13. The van der Waals surface area contributed by atoms with Crippen molar-refractivity contribution in [2.45, 2.75) is 13.5 Å². The summed E-state index contributed by atoms with van der Waals surface area (Å²) < 4.78 is 6.61. The molecule has 0 spiro atoms.